The van der Waals surface area contributed by atoms with Gasteiger partial charge in [0.2, 0.25) is 11.8 Å². The molecule has 100 valence electrons. The second kappa shape index (κ2) is 5.71. The lowest BCUT2D eigenvalue weighted by Gasteiger charge is -2.08. The second-order valence-corrected chi connectivity index (χ2v) is 4.16. The molecule has 0 amide bonds. The largest absolute Gasteiger partial charge is 0.481 e. The van der Waals surface area contributed by atoms with E-state index in [9.17, 15) is 4.39 Å². The molecule has 0 aliphatic rings. The van der Waals surface area contributed by atoms with Gasteiger partial charge in [0.1, 0.15) is 11.6 Å². The zero-order chi connectivity index (χ0) is 13.8. The maximum Gasteiger partial charge on any atom is 0.225 e. The summed E-state index contributed by atoms with van der Waals surface area (Å²) in [5.41, 5.74) is 6.36. The number of nitrogens with one attached hydrogen (secondary N) is 1. The summed E-state index contributed by atoms with van der Waals surface area (Å²) in [4.78, 5) is 7.87. The molecule has 0 radical (unpaired) electrons. The number of nitrogen functional groups attached to an aromatic ring is 1. The fraction of sp³-hybridized carbons (Fsp3) is 0.167. The van der Waals surface area contributed by atoms with E-state index in [1.165, 1.54) is 13.2 Å². The smallest absolute Gasteiger partial charge is 0.225 e. The van der Waals surface area contributed by atoms with Gasteiger partial charge in [0.25, 0.3) is 0 Å². The van der Waals surface area contributed by atoms with Crippen LogP contribution < -0.4 is 15.8 Å². The number of benzene rings is 1. The third-order valence-corrected chi connectivity index (χ3v) is 2.68. The van der Waals surface area contributed by atoms with Crippen LogP contribution in [-0.2, 0) is 6.54 Å². The number of aromatic nitrogens is 2. The number of methoxy groups -OCH3 is 1. The lowest BCUT2D eigenvalue weighted by atomic mass is 10.2. The van der Waals surface area contributed by atoms with E-state index in [0.717, 1.165) is 5.56 Å². The molecule has 19 heavy (non-hydrogen) atoms. The Morgan fingerprint density at radius 3 is 2.84 bits per heavy atom. The van der Waals surface area contributed by atoms with E-state index in [0.29, 0.717) is 18.2 Å². The summed E-state index contributed by atoms with van der Waals surface area (Å²) in [5.74, 6) is 0.550. The molecule has 0 aliphatic heterocycles. The maximum absolute atomic E-state index is 13.0. The molecular weight excluding hydrogens is 271 g/mol. The monoisotopic (exact) mass is 282 g/mol. The van der Waals surface area contributed by atoms with Crippen LogP contribution in [0.3, 0.4) is 0 Å². The number of halogens is 2. The first-order chi connectivity index (χ1) is 9.08. The molecule has 0 fully saturated rings. The molecular formula is C12H12ClFN4O. The van der Waals surface area contributed by atoms with E-state index >= 15 is 0 Å². The topological polar surface area (TPSA) is 73.1 Å². The summed E-state index contributed by atoms with van der Waals surface area (Å²) in [6.45, 7) is 0.430. The highest BCUT2D eigenvalue weighted by Crippen LogP contribution is 2.18. The average molecular weight is 283 g/mol. The van der Waals surface area contributed by atoms with Crippen molar-refractivity contribution in [3.63, 3.8) is 0 Å². The van der Waals surface area contributed by atoms with Crippen molar-refractivity contribution in [2.75, 3.05) is 18.2 Å². The Labute approximate surface area is 114 Å². The van der Waals surface area contributed by atoms with Crippen molar-refractivity contribution < 1.29 is 9.13 Å². The van der Waals surface area contributed by atoms with Gasteiger partial charge in [-0.2, -0.15) is 9.97 Å². The standard InChI is InChI=1S/C12H12ClFN4O/c1-19-11-5-10(17-12(15)18-11)16-6-7-2-3-9(14)8(13)4-7/h2-5H,6H2,1H3,(H3,15,16,17,18). The predicted octanol–water partition coefficient (Wildman–Crippen LogP) is 2.47. The third kappa shape index (κ3) is 3.45. The van der Waals surface area contributed by atoms with Crippen molar-refractivity contribution in [3.05, 3.63) is 40.7 Å². The molecule has 0 saturated carbocycles. The molecule has 0 unspecified atom stereocenters. The number of nitrogens with zero attached hydrogens (tertiary/aromatic N) is 2. The zero-order valence-corrected chi connectivity index (χ0v) is 10.9. The van der Waals surface area contributed by atoms with Crippen molar-refractivity contribution in [2.24, 2.45) is 0 Å². The highest BCUT2D eigenvalue weighted by atomic mass is 35.5. The van der Waals surface area contributed by atoms with Gasteiger partial charge in [-0.15, -0.1) is 0 Å². The molecule has 0 spiro atoms. The van der Waals surface area contributed by atoms with Gasteiger partial charge in [-0.25, -0.2) is 4.39 Å². The first kappa shape index (κ1) is 13.4. The fourth-order valence-corrected chi connectivity index (χ4v) is 1.68. The van der Waals surface area contributed by atoms with Crippen LogP contribution >= 0.6 is 11.6 Å². The predicted molar refractivity (Wildman–Crippen MR) is 71.7 cm³/mol. The highest BCUT2D eigenvalue weighted by Gasteiger charge is 2.04. The molecule has 0 aliphatic carbocycles. The molecule has 0 bridgehead atoms. The number of nitrogens with two attached hydrogens (primary N) is 1. The Hall–Kier alpha value is -2.08. The Morgan fingerprint density at radius 1 is 1.37 bits per heavy atom. The molecule has 0 atom stereocenters. The van der Waals surface area contributed by atoms with Crippen molar-refractivity contribution in [1.82, 2.24) is 9.97 Å². The molecule has 2 aromatic rings. The minimum absolute atomic E-state index is 0.0825. The molecule has 1 aromatic carbocycles. The Kier molecular flexibility index (Phi) is 4.01. The molecule has 1 heterocycles. The van der Waals surface area contributed by atoms with E-state index in [1.54, 1.807) is 18.2 Å². The van der Waals surface area contributed by atoms with Gasteiger partial charge in [-0.1, -0.05) is 17.7 Å². The first-order valence-corrected chi connectivity index (χ1v) is 5.82. The zero-order valence-electron chi connectivity index (χ0n) is 10.2. The Balaban J connectivity index is 2.09. The van der Waals surface area contributed by atoms with Gasteiger partial charge in [0.15, 0.2) is 0 Å². The van der Waals surface area contributed by atoms with E-state index in [1.807, 2.05) is 0 Å². The van der Waals surface area contributed by atoms with Crippen LogP contribution in [0.1, 0.15) is 5.56 Å². The summed E-state index contributed by atoms with van der Waals surface area (Å²) in [7, 11) is 1.49. The minimum Gasteiger partial charge on any atom is -0.481 e. The minimum atomic E-state index is -0.446. The van der Waals surface area contributed by atoms with Gasteiger partial charge in [0, 0.05) is 12.6 Å². The van der Waals surface area contributed by atoms with Crippen molar-refractivity contribution in [3.8, 4) is 5.88 Å². The molecule has 2 rings (SSSR count). The van der Waals surface area contributed by atoms with Gasteiger partial charge in [-0.05, 0) is 17.7 Å². The normalized spacial score (nSPS) is 10.3. The average Bonchev–Trinajstić information content (AvgIpc) is 2.39. The van der Waals surface area contributed by atoms with Crippen molar-refractivity contribution >= 4 is 23.4 Å². The van der Waals surface area contributed by atoms with Gasteiger partial charge in [-0.3, -0.25) is 0 Å². The highest BCUT2D eigenvalue weighted by molar-refractivity contribution is 6.30. The summed E-state index contributed by atoms with van der Waals surface area (Å²) >= 11 is 5.70. The summed E-state index contributed by atoms with van der Waals surface area (Å²) < 4.78 is 18.0. The van der Waals surface area contributed by atoms with E-state index < -0.39 is 5.82 Å². The maximum atomic E-state index is 13.0. The number of hydrogen-bond donors (Lipinski definition) is 2. The van der Waals surface area contributed by atoms with Crippen LogP contribution in [0, 0.1) is 5.82 Å². The second-order valence-electron chi connectivity index (χ2n) is 3.76. The van der Waals surface area contributed by atoms with Crippen molar-refractivity contribution in [1.29, 1.82) is 0 Å². The summed E-state index contributed by atoms with van der Waals surface area (Å²) in [6, 6.07) is 6.11. The number of anilines is 2. The van der Waals surface area contributed by atoms with Gasteiger partial charge < -0.3 is 15.8 Å². The SMILES string of the molecule is COc1cc(NCc2ccc(F)c(Cl)c2)nc(N)n1. The number of rotatable bonds is 4. The van der Waals surface area contributed by atoms with E-state index in [-0.39, 0.29) is 11.0 Å². The van der Waals surface area contributed by atoms with Crippen LogP contribution in [0.15, 0.2) is 24.3 Å². The van der Waals surface area contributed by atoms with Gasteiger partial charge in [0.05, 0.1) is 12.1 Å². The van der Waals surface area contributed by atoms with Crippen LogP contribution in [0.25, 0.3) is 0 Å². The molecule has 1 aromatic heterocycles. The van der Waals surface area contributed by atoms with Gasteiger partial charge >= 0.3 is 0 Å². The summed E-state index contributed by atoms with van der Waals surface area (Å²) in [6.07, 6.45) is 0. The Morgan fingerprint density at radius 2 is 2.16 bits per heavy atom. The van der Waals surface area contributed by atoms with Crippen molar-refractivity contribution in [2.45, 2.75) is 6.54 Å². The van der Waals surface area contributed by atoms with Crippen LogP contribution in [0.2, 0.25) is 5.02 Å². The van der Waals surface area contributed by atoms with Crippen LogP contribution in [-0.4, -0.2) is 17.1 Å². The first-order valence-electron chi connectivity index (χ1n) is 5.45. The molecule has 7 heteroatoms. The lowest BCUT2D eigenvalue weighted by molar-refractivity contribution is 0.398. The lowest BCUT2D eigenvalue weighted by Crippen LogP contribution is -2.05. The van der Waals surface area contributed by atoms with E-state index in [2.05, 4.69) is 15.3 Å². The third-order valence-electron chi connectivity index (χ3n) is 2.39. The molecule has 0 saturated heterocycles. The summed E-state index contributed by atoms with van der Waals surface area (Å²) in [5, 5.41) is 3.11. The molecule has 5 nitrogen and oxygen atoms in total. The van der Waals surface area contributed by atoms with E-state index in [4.69, 9.17) is 22.1 Å². The van der Waals surface area contributed by atoms with Crippen LogP contribution in [0.4, 0.5) is 16.2 Å². The molecule has 3 N–H and O–H groups in total. The Bertz CT molecular complexity index is 594. The fourth-order valence-electron chi connectivity index (χ4n) is 1.48. The quantitative estimate of drug-likeness (QED) is 0.901. The van der Waals surface area contributed by atoms with Crippen LogP contribution in [0.5, 0.6) is 5.88 Å². The number of hydrogen-bond acceptors (Lipinski definition) is 5. The number of ether oxygens (including phenoxy) is 1.